The van der Waals surface area contributed by atoms with Gasteiger partial charge in [0.05, 0.1) is 17.0 Å². The van der Waals surface area contributed by atoms with Gasteiger partial charge in [-0.3, -0.25) is 4.90 Å². The summed E-state index contributed by atoms with van der Waals surface area (Å²) in [7, 11) is 0. The summed E-state index contributed by atoms with van der Waals surface area (Å²) in [6, 6.07) is 3.91. The van der Waals surface area contributed by atoms with Crippen molar-refractivity contribution in [3.8, 4) is 10.8 Å². The van der Waals surface area contributed by atoms with Crippen LogP contribution in [0.3, 0.4) is 0 Å². The summed E-state index contributed by atoms with van der Waals surface area (Å²) in [6.45, 7) is 3.75. The first-order valence-corrected chi connectivity index (χ1v) is 6.31. The van der Waals surface area contributed by atoms with Crippen LogP contribution in [0, 0.1) is 0 Å². The van der Waals surface area contributed by atoms with Crippen LogP contribution in [-0.4, -0.2) is 38.9 Å². The molecular formula is C11H13N3O2S. The highest BCUT2D eigenvalue weighted by atomic mass is 32.1. The second kappa shape index (κ2) is 3.90. The lowest BCUT2D eigenvalue weighted by Gasteiger charge is -2.43. The van der Waals surface area contributed by atoms with E-state index in [-0.39, 0.29) is 0 Å². The first-order valence-electron chi connectivity index (χ1n) is 5.43. The number of nitrogens with zero attached hydrogens (tertiary/aromatic N) is 3. The Morgan fingerprint density at radius 3 is 3.00 bits per heavy atom. The third kappa shape index (κ3) is 2.24. The van der Waals surface area contributed by atoms with Crippen molar-refractivity contribution in [1.29, 1.82) is 0 Å². The fourth-order valence-corrected chi connectivity index (χ4v) is 2.68. The van der Waals surface area contributed by atoms with Crippen LogP contribution in [0.15, 0.2) is 21.9 Å². The molecule has 1 aliphatic heterocycles. The van der Waals surface area contributed by atoms with E-state index < -0.39 is 5.60 Å². The monoisotopic (exact) mass is 251 g/mol. The number of rotatable bonds is 3. The van der Waals surface area contributed by atoms with Crippen molar-refractivity contribution < 1.29 is 9.52 Å². The maximum atomic E-state index is 9.61. The number of likely N-dealkylation sites (tertiary alicyclic amines) is 1. The fourth-order valence-electron chi connectivity index (χ4n) is 2.04. The molecule has 0 unspecified atom stereocenters. The molecule has 17 heavy (non-hydrogen) atoms. The van der Waals surface area contributed by atoms with E-state index in [0.717, 1.165) is 4.88 Å². The van der Waals surface area contributed by atoms with Crippen molar-refractivity contribution in [2.45, 2.75) is 19.1 Å². The van der Waals surface area contributed by atoms with Gasteiger partial charge in [0.2, 0.25) is 5.89 Å². The highest BCUT2D eigenvalue weighted by molar-refractivity contribution is 7.13. The van der Waals surface area contributed by atoms with Crippen LogP contribution in [0.25, 0.3) is 10.8 Å². The molecule has 1 fully saturated rings. The molecule has 0 aromatic carbocycles. The maximum Gasteiger partial charge on any atom is 0.257 e. The zero-order valence-electron chi connectivity index (χ0n) is 9.46. The molecule has 3 heterocycles. The lowest BCUT2D eigenvalue weighted by molar-refractivity contribution is -0.0896. The lowest BCUT2D eigenvalue weighted by Crippen LogP contribution is -2.59. The van der Waals surface area contributed by atoms with Gasteiger partial charge in [0.25, 0.3) is 5.89 Å². The third-order valence-corrected chi connectivity index (χ3v) is 3.54. The van der Waals surface area contributed by atoms with Crippen LogP contribution >= 0.6 is 11.3 Å². The van der Waals surface area contributed by atoms with Gasteiger partial charge in [-0.15, -0.1) is 21.5 Å². The number of aliphatic hydroxyl groups is 1. The smallest absolute Gasteiger partial charge is 0.257 e. The molecule has 90 valence electrons. The molecule has 5 nitrogen and oxygen atoms in total. The summed E-state index contributed by atoms with van der Waals surface area (Å²) in [5.41, 5.74) is -0.559. The zero-order chi connectivity index (χ0) is 11.9. The van der Waals surface area contributed by atoms with Gasteiger partial charge in [-0.1, -0.05) is 6.07 Å². The Morgan fingerprint density at radius 2 is 2.35 bits per heavy atom. The van der Waals surface area contributed by atoms with Gasteiger partial charge in [-0.2, -0.15) is 0 Å². The van der Waals surface area contributed by atoms with Crippen molar-refractivity contribution in [1.82, 2.24) is 15.1 Å². The predicted octanol–water partition coefficient (Wildman–Crippen LogP) is 1.36. The average Bonchev–Trinajstić information content (AvgIpc) is 2.82. The molecule has 0 bridgehead atoms. The molecule has 2 aromatic heterocycles. The minimum absolute atomic E-state index is 0.559. The summed E-state index contributed by atoms with van der Waals surface area (Å²) < 4.78 is 5.57. The Labute approximate surface area is 103 Å². The normalized spacial score (nSPS) is 19.2. The summed E-state index contributed by atoms with van der Waals surface area (Å²) in [5.74, 6) is 1.17. The molecular weight excluding hydrogens is 238 g/mol. The molecule has 0 amide bonds. The van der Waals surface area contributed by atoms with E-state index in [2.05, 4.69) is 15.1 Å². The highest BCUT2D eigenvalue weighted by Crippen LogP contribution is 2.25. The molecule has 1 aliphatic rings. The molecule has 0 aliphatic carbocycles. The standard InChI is InChI=1S/C11H13N3O2S/c1-11(15)6-14(7-11)5-9-12-13-10(16-9)8-3-2-4-17-8/h2-4,15H,5-7H2,1H3. The Bertz CT molecular complexity index is 499. The lowest BCUT2D eigenvalue weighted by atomic mass is 9.97. The van der Waals surface area contributed by atoms with E-state index in [1.165, 1.54) is 0 Å². The van der Waals surface area contributed by atoms with E-state index in [0.29, 0.717) is 31.4 Å². The van der Waals surface area contributed by atoms with Gasteiger partial charge in [-0.05, 0) is 18.4 Å². The van der Waals surface area contributed by atoms with E-state index in [4.69, 9.17) is 4.42 Å². The number of thiophene rings is 1. The molecule has 2 aromatic rings. The molecule has 1 N–H and O–H groups in total. The SMILES string of the molecule is CC1(O)CN(Cc2nnc(-c3cccs3)o2)C1. The summed E-state index contributed by atoms with van der Waals surface area (Å²) in [6.07, 6.45) is 0. The number of hydrogen-bond acceptors (Lipinski definition) is 6. The Balaban J connectivity index is 1.66. The number of hydrogen-bond donors (Lipinski definition) is 1. The van der Waals surface area contributed by atoms with Crippen LogP contribution in [-0.2, 0) is 6.54 Å². The topological polar surface area (TPSA) is 62.4 Å². The van der Waals surface area contributed by atoms with Crippen LogP contribution in [0.5, 0.6) is 0 Å². The minimum Gasteiger partial charge on any atom is -0.419 e. The van der Waals surface area contributed by atoms with Crippen LogP contribution < -0.4 is 0 Å². The van der Waals surface area contributed by atoms with E-state index in [1.54, 1.807) is 11.3 Å². The van der Waals surface area contributed by atoms with Crippen LogP contribution in [0.4, 0.5) is 0 Å². The van der Waals surface area contributed by atoms with Gasteiger partial charge < -0.3 is 9.52 Å². The quantitative estimate of drug-likeness (QED) is 0.892. The van der Waals surface area contributed by atoms with Crippen molar-refractivity contribution >= 4 is 11.3 Å². The van der Waals surface area contributed by atoms with Crippen LogP contribution in [0.1, 0.15) is 12.8 Å². The minimum atomic E-state index is -0.559. The largest absolute Gasteiger partial charge is 0.419 e. The van der Waals surface area contributed by atoms with Gasteiger partial charge in [0.15, 0.2) is 0 Å². The fraction of sp³-hybridized carbons (Fsp3) is 0.455. The summed E-state index contributed by atoms with van der Waals surface area (Å²) in [4.78, 5) is 3.06. The molecule has 0 atom stereocenters. The molecule has 6 heteroatoms. The van der Waals surface area contributed by atoms with Gasteiger partial charge in [0.1, 0.15) is 0 Å². The summed E-state index contributed by atoms with van der Waals surface area (Å²) in [5, 5.41) is 19.6. The maximum absolute atomic E-state index is 9.61. The van der Waals surface area contributed by atoms with Crippen molar-refractivity contribution in [3.63, 3.8) is 0 Å². The Hall–Kier alpha value is -1.24. The van der Waals surface area contributed by atoms with Crippen LogP contribution in [0.2, 0.25) is 0 Å². The number of β-amino-alcohol motifs (C(OH)–C–C–N with tert-alkyl or cyclic N) is 1. The molecule has 1 saturated heterocycles. The first kappa shape index (κ1) is 10.9. The van der Waals surface area contributed by atoms with Crippen molar-refractivity contribution in [2.24, 2.45) is 0 Å². The number of aromatic nitrogens is 2. The molecule has 0 radical (unpaired) electrons. The molecule has 0 spiro atoms. The van der Waals surface area contributed by atoms with E-state index in [1.807, 2.05) is 24.4 Å². The van der Waals surface area contributed by atoms with E-state index >= 15 is 0 Å². The zero-order valence-corrected chi connectivity index (χ0v) is 10.3. The van der Waals surface area contributed by atoms with Crippen molar-refractivity contribution in [3.05, 3.63) is 23.4 Å². The van der Waals surface area contributed by atoms with E-state index in [9.17, 15) is 5.11 Å². The second-order valence-electron chi connectivity index (χ2n) is 4.62. The average molecular weight is 251 g/mol. The van der Waals surface area contributed by atoms with Crippen molar-refractivity contribution in [2.75, 3.05) is 13.1 Å². The molecule has 0 saturated carbocycles. The second-order valence-corrected chi connectivity index (χ2v) is 5.57. The Kier molecular flexibility index (Phi) is 2.50. The molecule has 3 rings (SSSR count). The highest BCUT2D eigenvalue weighted by Gasteiger charge is 2.37. The summed E-state index contributed by atoms with van der Waals surface area (Å²) >= 11 is 1.58. The Morgan fingerprint density at radius 1 is 1.53 bits per heavy atom. The van der Waals surface area contributed by atoms with Gasteiger partial charge >= 0.3 is 0 Å². The van der Waals surface area contributed by atoms with Gasteiger partial charge in [-0.25, -0.2) is 0 Å². The predicted molar refractivity (Wildman–Crippen MR) is 63.5 cm³/mol. The third-order valence-electron chi connectivity index (χ3n) is 2.69. The first-order chi connectivity index (χ1) is 8.12. The van der Waals surface area contributed by atoms with Gasteiger partial charge in [0, 0.05) is 13.1 Å².